The third-order valence-corrected chi connectivity index (χ3v) is 12.4. The maximum atomic E-state index is 6.42. The molecule has 54 heavy (non-hydrogen) atoms. The van der Waals surface area contributed by atoms with Gasteiger partial charge in [-0.1, -0.05) is 161 Å². The maximum Gasteiger partial charge on any atom is 0.120 e. The van der Waals surface area contributed by atoms with Gasteiger partial charge in [0.15, 0.2) is 0 Å². The normalized spacial score (nSPS) is 13.7. The Morgan fingerprint density at radius 1 is 0.796 bits per heavy atom. The van der Waals surface area contributed by atoms with Gasteiger partial charge >= 0.3 is 0 Å². The molecule has 0 unspecified atom stereocenters. The standard InChI is InChI=1S/C30H26NO.C19H26NSi.Ir/c1-3-9-21(10-4-1)19-22-17-18-31-27(20-22)25-16-15-24(23-11-5-2-6-12-23)29-26-13-7-8-14-28(26)32-30(25)29;1-19(2,3)13-16-12-17(15-10-8-7-9-11-15)20-14-18(16)21(4,5)6;/h2,5-8,11-15,17-18,20-21H,1,3-4,9-10,19H2;7-10,12,14H,13H2,1-6H3;/q2*-1;. The van der Waals surface area contributed by atoms with E-state index in [9.17, 15) is 0 Å². The molecule has 0 N–H and O–H groups in total. The van der Waals surface area contributed by atoms with Crippen molar-refractivity contribution in [1.29, 1.82) is 0 Å². The summed E-state index contributed by atoms with van der Waals surface area (Å²) in [7, 11) is -1.37. The minimum Gasteiger partial charge on any atom is -0.501 e. The van der Waals surface area contributed by atoms with E-state index in [1.807, 2.05) is 42.6 Å². The van der Waals surface area contributed by atoms with Gasteiger partial charge in [0.1, 0.15) is 5.58 Å². The van der Waals surface area contributed by atoms with E-state index < -0.39 is 8.07 Å². The van der Waals surface area contributed by atoms with Crippen LogP contribution in [0.15, 0.2) is 120 Å². The first-order valence-corrected chi connectivity index (χ1v) is 22.9. The molecule has 4 aromatic carbocycles. The van der Waals surface area contributed by atoms with E-state index in [0.29, 0.717) is 0 Å². The van der Waals surface area contributed by atoms with Crippen LogP contribution in [-0.2, 0) is 32.9 Å². The van der Waals surface area contributed by atoms with Gasteiger partial charge in [-0.2, -0.15) is 0 Å². The minimum atomic E-state index is -1.37. The molecule has 1 saturated carbocycles. The van der Waals surface area contributed by atoms with Gasteiger partial charge in [-0.3, -0.25) is 0 Å². The third-order valence-electron chi connectivity index (χ3n) is 10.4. The Morgan fingerprint density at radius 3 is 2.26 bits per heavy atom. The topological polar surface area (TPSA) is 38.9 Å². The van der Waals surface area contributed by atoms with Crippen molar-refractivity contribution in [1.82, 2.24) is 9.97 Å². The van der Waals surface area contributed by atoms with Gasteiger partial charge in [0.2, 0.25) is 0 Å². The number of fused-ring (bicyclic) bond motifs is 3. The molecule has 0 bridgehead atoms. The molecular weight excluding hydrogens is 853 g/mol. The fraction of sp³-hybridized carbons (Fsp3) is 0.306. The van der Waals surface area contributed by atoms with E-state index >= 15 is 0 Å². The average Bonchev–Trinajstić information content (AvgIpc) is 3.55. The van der Waals surface area contributed by atoms with Gasteiger partial charge in [-0.15, -0.1) is 48.0 Å². The van der Waals surface area contributed by atoms with Gasteiger partial charge in [-0.05, 0) is 58.3 Å². The van der Waals surface area contributed by atoms with Crippen molar-refractivity contribution in [2.24, 2.45) is 11.3 Å². The van der Waals surface area contributed by atoms with Crippen LogP contribution in [0.25, 0.3) is 55.6 Å². The van der Waals surface area contributed by atoms with Crippen LogP contribution < -0.4 is 5.19 Å². The zero-order valence-corrected chi connectivity index (χ0v) is 36.0. The molecule has 5 heteroatoms. The van der Waals surface area contributed by atoms with Gasteiger partial charge in [0.25, 0.3) is 0 Å². The molecule has 3 aromatic heterocycles. The third kappa shape index (κ3) is 9.37. The molecule has 8 rings (SSSR count). The molecule has 1 fully saturated rings. The molecule has 279 valence electrons. The summed E-state index contributed by atoms with van der Waals surface area (Å²) in [6.45, 7) is 14.1. The smallest absolute Gasteiger partial charge is 0.120 e. The number of rotatable bonds is 7. The van der Waals surface area contributed by atoms with E-state index in [1.165, 1.54) is 54.0 Å². The molecule has 0 aliphatic heterocycles. The molecule has 3 nitrogen and oxygen atoms in total. The van der Waals surface area contributed by atoms with Crippen LogP contribution in [0.2, 0.25) is 19.6 Å². The monoisotopic (exact) mass is 905 g/mol. The number of aromatic nitrogens is 2. The van der Waals surface area contributed by atoms with Crippen LogP contribution in [0.3, 0.4) is 0 Å². The van der Waals surface area contributed by atoms with Crippen molar-refractivity contribution in [3.05, 3.63) is 139 Å². The van der Waals surface area contributed by atoms with Crippen LogP contribution in [-0.4, -0.2) is 18.0 Å². The Bertz CT molecular complexity index is 2300. The summed E-state index contributed by atoms with van der Waals surface area (Å²) in [5.74, 6) is 0.801. The molecule has 0 spiro atoms. The molecule has 1 radical (unpaired) electrons. The second kappa shape index (κ2) is 17.1. The number of hydrogen-bond acceptors (Lipinski definition) is 3. The molecule has 1 aliphatic rings. The number of benzene rings is 4. The summed E-state index contributed by atoms with van der Waals surface area (Å²) in [5, 5.41) is 3.76. The molecule has 1 aliphatic carbocycles. The number of furan rings is 1. The van der Waals surface area contributed by atoms with Crippen molar-refractivity contribution in [3.63, 3.8) is 0 Å². The molecule has 3 heterocycles. The van der Waals surface area contributed by atoms with Crippen LogP contribution in [0.4, 0.5) is 0 Å². The van der Waals surface area contributed by atoms with Crippen molar-refractivity contribution < 1.29 is 24.5 Å². The fourth-order valence-corrected chi connectivity index (χ4v) is 9.43. The summed E-state index contributed by atoms with van der Waals surface area (Å²) >= 11 is 0. The zero-order valence-electron chi connectivity index (χ0n) is 32.6. The van der Waals surface area contributed by atoms with Gasteiger partial charge in [0, 0.05) is 37.9 Å². The Labute approximate surface area is 337 Å². The Morgan fingerprint density at radius 2 is 1.54 bits per heavy atom. The van der Waals surface area contributed by atoms with Gasteiger partial charge in [0.05, 0.1) is 13.7 Å². The molecule has 7 aromatic rings. The summed E-state index contributed by atoms with van der Waals surface area (Å²) < 4.78 is 6.42. The Kier molecular flexibility index (Phi) is 12.5. The van der Waals surface area contributed by atoms with Crippen LogP contribution in [0.5, 0.6) is 0 Å². The first-order chi connectivity index (χ1) is 25.5. The van der Waals surface area contributed by atoms with Gasteiger partial charge < -0.3 is 14.4 Å². The number of para-hydroxylation sites is 1. The van der Waals surface area contributed by atoms with Crippen molar-refractivity contribution in [2.75, 3.05) is 0 Å². The Balaban J connectivity index is 0.000000198. The average molecular weight is 905 g/mol. The van der Waals surface area contributed by atoms with E-state index in [-0.39, 0.29) is 25.5 Å². The van der Waals surface area contributed by atoms with Crippen LogP contribution in [0, 0.1) is 23.5 Å². The fourth-order valence-electron chi connectivity index (χ4n) is 7.86. The predicted molar refractivity (Wildman–Crippen MR) is 226 cm³/mol. The molecule has 0 saturated heterocycles. The van der Waals surface area contributed by atoms with E-state index in [0.717, 1.165) is 68.8 Å². The second-order valence-electron chi connectivity index (χ2n) is 17.0. The zero-order chi connectivity index (χ0) is 37.0. The summed E-state index contributed by atoms with van der Waals surface area (Å²) in [6.07, 6.45) is 13.1. The predicted octanol–water partition coefficient (Wildman–Crippen LogP) is 12.9. The number of hydrogen-bond donors (Lipinski definition) is 0. The number of nitrogens with zero attached hydrogens (tertiary/aromatic N) is 2. The van der Waals surface area contributed by atoms with Crippen molar-refractivity contribution in [3.8, 4) is 33.6 Å². The largest absolute Gasteiger partial charge is 0.501 e. The van der Waals surface area contributed by atoms with Crippen LogP contribution >= 0.6 is 0 Å². The quantitative estimate of drug-likeness (QED) is 0.118. The summed E-state index contributed by atoms with van der Waals surface area (Å²) in [6, 6.07) is 42.5. The van der Waals surface area contributed by atoms with E-state index in [1.54, 1.807) is 0 Å². The van der Waals surface area contributed by atoms with E-state index in [2.05, 4.69) is 125 Å². The first kappa shape index (κ1) is 39.5. The van der Waals surface area contributed by atoms with E-state index in [4.69, 9.17) is 14.4 Å². The molecule has 0 atom stereocenters. The maximum absolute atomic E-state index is 6.42. The molecule has 0 amide bonds. The summed E-state index contributed by atoms with van der Waals surface area (Å²) in [5.41, 5.74) is 11.2. The minimum absolute atomic E-state index is 0. The van der Waals surface area contributed by atoms with Crippen molar-refractivity contribution >= 4 is 35.2 Å². The second-order valence-corrected chi connectivity index (χ2v) is 22.0. The number of pyridine rings is 2. The SMILES string of the molecule is CC(C)(C)Cc1cc(-c2[c-]cccc2)ncc1[Si](C)(C)C.[Ir].[c-]1cc(-c2ccccc2)c2c(oc3ccccc32)c1-c1cc(CC2CCCCC2)ccn1. The van der Waals surface area contributed by atoms with Crippen LogP contribution in [0.1, 0.15) is 64.0 Å². The van der Waals surface area contributed by atoms with Crippen molar-refractivity contribution in [2.45, 2.75) is 85.4 Å². The Hall–Kier alpha value is -4.15. The van der Waals surface area contributed by atoms with Gasteiger partial charge in [-0.25, -0.2) is 0 Å². The molecular formula is C49H52IrN2OSi-2. The first-order valence-electron chi connectivity index (χ1n) is 19.4. The summed E-state index contributed by atoms with van der Waals surface area (Å²) in [4.78, 5) is 9.44.